The second kappa shape index (κ2) is 12.6. The minimum atomic E-state index is -1.06. The number of aryl methyl sites for hydroxylation is 1. The maximum atomic E-state index is 13.4. The van der Waals surface area contributed by atoms with E-state index in [0.717, 1.165) is 35.5 Å². The van der Waals surface area contributed by atoms with Crippen molar-refractivity contribution < 1.29 is 14.7 Å². The summed E-state index contributed by atoms with van der Waals surface area (Å²) in [5.74, 6) is -1.87. The number of nitrogens with one attached hydrogen (secondary N) is 1. The molecule has 2 rings (SSSR count). The van der Waals surface area contributed by atoms with Gasteiger partial charge in [0.1, 0.15) is 5.78 Å². The monoisotopic (exact) mass is 499 g/mol. The number of ketones is 1. The van der Waals surface area contributed by atoms with Crippen molar-refractivity contribution in [1.82, 2.24) is 10.3 Å². The fourth-order valence-electron chi connectivity index (χ4n) is 4.74. The lowest BCUT2D eigenvalue weighted by atomic mass is 9.69. The number of carbonyl (C=O) groups excluding carboxylic acids is 2. The molecular formula is C28H41N3O3S. The minimum Gasteiger partial charge on any atom is -0.392 e. The Kier molecular flexibility index (Phi) is 10.4. The van der Waals surface area contributed by atoms with Gasteiger partial charge in [0, 0.05) is 23.1 Å². The molecule has 1 aromatic rings. The van der Waals surface area contributed by atoms with Crippen LogP contribution in [0.2, 0.25) is 0 Å². The van der Waals surface area contributed by atoms with Gasteiger partial charge in [-0.05, 0) is 64.0 Å². The van der Waals surface area contributed by atoms with E-state index in [1.54, 1.807) is 32.1 Å². The highest BCUT2D eigenvalue weighted by atomic mass is 32.1. The van der Waals surface area contributed by atoms with Crippen LogP contribution in [0.3, 0.4) is 0 Å². The van der Waals surface area contributed by atoms with E-state index in [1.807, 2.05) is 32.2 Å². The molecule has 1 aliphatic heterocycles. The standard InChI is InChI=1S/C28H41N3O3S/c1-17-9-8-10-18(2)26(33)20(4)27(34)28(6,7)22(15-29)14-25(32)31-24(12-11-17)19(3)13-23-16-35-21(5)30-23/h11,13,16,18,20,22,24,26,33H,8-10,12,14H2,1-7H3,(H,31,32)/b17-11-,19-13+. The first-order chi connectivity index (χ1) is 16.4. The number of hydrogen-bond acceptors (Lipinski definition) is 6. The molecule has 1 aromatic heterocycles. The van der Waals surface area contributed by atoms with Crippen molar-refractivity contribution in [2.75, 3.05) is 0 Å². The first kappa shape index (κ1) is 28.9. The number of carbonyl (C=O) groups is 2. The summed E-state index contributed by atoms with van der Waals surface area (Å²) in [5.41, 5.74) is 2.03. The van der Waals surface area contributed by atoms with Gasteiger partial charge in [0.15, 0.2) is 0 Å². The van der Waals surface area contributed by atoms with Crippen molar-refractivity contribution in [1.29, 1.82) is 5.26 Å². The molecule has 0 aromatic carbocycles. The molecule has 0 saturated heterocycles. The number of aromatic nitrogens is 1. The third-order valence-electron chi connectivity index (χ3n) is 7.39. The van der Waals surface area contributed by atoms with Crippen LogP contribution in [0, 0.1) is 41.4 Å². The van der Waals surface area contributed by atoms with Crippen LogP contribution in [-0.2, 0) is 9.59 Å². The van der Waals surface area contributed by atoms with E-state index >= 15 is 0 Å². The number of aliphatic hydroxyl groups is 1. The number of thiazole rings is 1. The summed E-state index contributed by atoms with van der Waals surface area (Å²) in [6.07, 6.45) is 6.57. The smallest absolute Gasteiger partial charge is 0.221 e. The number of allylic oxidation sites excluding steroid dienone is 1. The molecule has 6 nitrogen and oxygen atoms in total. The van der Waals surface area contributed by atoms with Crippen LogP contribution in [0.5, 0.6) is 0 Å². The Morgan fingerprint density at radius 3 is 2.60 bits per heavy atom. The molecule has 0 radical (unpaired) electrons. The van der Waals surface area contributed by atoms with Gasteiger partial charge in [0.05, 0.1) is 34.8 Å². The molecule has 7 heteroatoms. The highest BCUT2D eigenvalue weighted by molar-refractivity contribution is 7.09. The van der Waals surface area contributed by atoms with Crippen molar-refractivity contribution in [3.63, 3.8) is 0 Å². The molecule has 2 heterocycles. The van der Waals surface area contributed by atoms with E-state index in [4.69, 9.17) is 0 Å². The lowest BCUT2D eigenvalue weighted by Crippen LogP contribution is -2.44. The van der Waals surface area contributed by atoms with Crippen molar-refractivity contribution >= 4 is 29.1 Å². The van der Waals surface area contributed by atoms with Crippen LogP contribution < -0.4 is 5.32 Å². The molecule has 0 spiro atoms. The Morgan fingerprint density at radius 2 is 2.00 bits per heavy atom. The van der Waals surface area contributed by atoms with Gasteiger partial charge in [-0.2, -0.15) is 5.26 Å². The molecule has 35 heavy (non-hydrogen) atoms. The van der Waals surface area contributed by atoms with Crippen molar-refractivity contribution in [2.24, 2.45) is 23.2 Å². The Bertz CT molecular complexity index is 1000. The number of nitrogens with zero attached hydrogens (tertiary/aromatic N) is 2. The third kappa shape index (κ3) is 7.85. The number of aliphatic hydroxyl groups excluding tert-OH is 1. The number of nitriles is 1. The predicted molar refractivity (Wildman–Crippen MR) is 142 cm³/mol. The van der Waals surface area contributed by atoms with E-state index in [9.17, 15) is 20.0 Å². The fourth-order valence-corrected chi connectivity index (χ4v) is 5.31. The van der Waals surface area contributed by atoms with Crippen LogP contribution in [0.15, 0.2) is 22.6 Å². The van der Waals surface area contributed by atoms with Gasteiger partial charge in [-0.3, -0.25) is 9.59 Å². The van der Waals surface area contributed by atoms with Crippen LogP contribution in [0.1, 0.15) is 84.3 Å². The highest BCUT2D eigenvalue weighted by Crippen LogP contribution is 2.35. The molecule has 2 N–H and O–H groups in total. The molecule has 0 aliphatic carbocycles. The van der Waals surface area contributed by atoms with Crippen LogP contribution in [0.25, 0.3) is 6.08 Å². The maximum absolute atomic E-state index is 13.4. The predicted octanol–water partition coefficient (Wildman–Crippen LogP) is 5.62. The molecule has 0 fully saturated rings. The first-order valence-electron chi connectivity index (χ1n) is 12.5. The number of hydrogen-bond donors (Lipinski definition) is 2. The molecule has 5 unspecified atom stereocenters. The first-order valence-corrected chi connectivity index (χ1v) is 13.4. The summed E-state index contributed by atoms with van der Waals surface area (Å²) >= 11 is 1.58. The Balaban J connectivity index is 2.38. The molecule has 192 valence electrons. The molecule has 0 bridgehead atoms. The summed E-state index contributed by atoms with van der Waals surface area (Å²) in [6, 6.07) is 1.97. The second-order valence-corrected chi connectivity index (χ2v) is 11.8. The van der Waals surface area contributed by atoms with E-state index in [-0.39, 0.29) is 30.1 Å². The molecular weight excluding hydrogens is 458 g/mol. The number of rotatable bonds is 2. The van der Waals surface area contributed by atoms with Gasteiger partial charge in [0.2, 0.25) is 5.91 Å². The summed E-state index contributed by atoms with van der Waals surface area (Å²) < 4.78 is 0. The zero-order valence-electron chi connectivity index (χ0n) is 22.2. The minimum absolute atomic E-state index is 0.0335. The lowest BCUT2D eigenvalue weighted by Gasteiger charge is -2.34. The Morgan fingerprint density at radius 1 is 1.31 bits per heavy atom. The lowest BCUT2D eigenvalue weighted by molar-refractivity contribution is -0.138. The van der Waals surface area contributed by atoms with Gasteiger partial charge in [-0.25, -0.2) is 4.98 Å². The van der Waals surface area contributed by atoms with E-state index in [2.05, 4.69) is 29.4 Å². The average molecular weight is 500 g/mol. The molecule has 1 aliphatic rings. The molecule has 1 amide bonds. The summed E-state index contributed by atoms with van der Waals surface area (Å²) in [5, 5.41) is 26.8. The average Bonchev–Trinajstić information content (AvgIpc) is 3.21. The quantitative estimate of drug-likeness (QED) is 0.514. The van der Waals surface area contributed by atoms with E-state index < -0.39 is 23.4 Å². The van der Waals surface area contributed by atoms with Crippen molar-refractivity contribution in [3.05, 3.63) is 33.3 Å². The van der Waals surface area contributed by atoms with Crippen LogP contribution in [-0.4, -0.2) is 33.9 Å². The SMILES string of the molecule is C/C1=C/CC(/C(C)=C/c2csc(C)n2)NC(=O)CC(C#N)C(C)(C)C(=O)C(C)C(O)C(C)CCC1. The van der Waals surface area contributed by atoms with Gasteiger partial charge in [0.25, 0.3) is 0 Å². The highest BCUT2D eigenvalue weighted by Gasteiger charge is 2.42. The number of amides is 1. The second-order valence-electron chi connectivity index (χ2n) is 10.7. The third-order valence-corrected chi connectivity index (χ3v) is 8.18. The Labute approximate surface area is 214 Å². The van der Waals surface area contributed by atoms with Gasteiger partial charge in [-0.1, -0.05) is 39.3 Å². The largest absolute Gasteiger partial charge is 0.392 e. The van der Waals surface area contributed by atoms with Crippen molar-refractivity contribution in [3.8, 4) is 6.07 Å². The summed E-state index contributed by atoms with van der Waals surface area (Å²) in [6.45, 7) is 13.2. The van der Waals surface area contributed by atoms with Gasteiger partial charge >= 0.3 is 0 Å². The molecule has 0 saturated carbocycles. The Hall–Kier alpha value is -2.30. The molecule has 5 atom stereocenters. The van der Waals surface area contributed by atoms with Crippen LogP contribution >= 0.6 is 11.3 Å². The fraction of sp³-hybridized carbons (Fsp3) is 0.643. The van der Waals surface area contributed by atoms with Crippen molar-refractivity contribution in [2.45, 2.75) is 92.7 Å². The van der Waals surface area contributed by atoms with Gasteiger partial charge < -0.3 is 10.4 Å². The zero-order chi connectivity index (χ0) is 26.3. The van der Waals surface area contributed by atoms with E-state index in [1.165, 1.54) is 5.57 Å². The summed E-state index contributed by atoms with van der Waals surface area (Å²) in [7, 11) is 0. The maximum Gasteiger partial charge on any atom is 0.221 e. The normalized spacial score (nSPS) is 31.2. The van der Waals surface area contributed by atoms with Crippen LogP contribution in [0.4, 0.5) is 0 Å². The summed E-state index contributed by atoms with van der Waals surface area (Å²) in [4.78, 5) is 31.0. The van der Waals surface area contributed by atoms with E-state index in [0.29, 0.717) is 6.42 Å². The number of Topliss-reactive ketones (excluding diaryl/α,β-unsaturated/α-hetero) is 1. The zero-order valence-corrected chi connectivity index (χ0v) is 23.0. The topological polar surface area (TPSA) is 103 Å². The van der Waals surface area contributed by atoms with Gasteiger partial charge in [-0.15, -0.1) is 11.3 Å².